The zero-order valence-corrected chi connectivity index (χ0v) is 18.3. The molecular weight excluding hydrogens is 386 g/mol. The molecule has 0 unspecified atom stereocenters. The van der Waals surface area contributed by atoms with Crippen molar-refractivity contribution in [1.82, 2.24) is 4.90 Å². The van der Waals surface area contributed by atoms with Crippen LogP contribution in [-0.4, -0.2) is 43.4 Å². The second-order valence-corrected chi connectivity index (χ2v) is 8.44. The quantitative estimate of drug-likeness (QED) is 0.651. The van der Waals surface area contributed by atoms with E-state index in [0.29, 0.717) is 13.0 Å². The van der Waals surface area contributed by atoms with Gasteiger partial charge in [-0.1, -0.05) is 30.3 Å². The molecule has 0 aromatic heterocycles. The van der Waals surface area contributed by atoms with Gasteiger partial charge in [0.15, 0.2) is 0 Å². The molecule has 0 atom stereocenters. The Kier molecular flexibility index (Phi) is 6.70. The minimum Gasteiger partial charge on any atom is -0.371 e. The Hall–Kier alpha value is -3.08. The molecule has 2 saturated heterocycles. The number of nitrogens with zero attached hydrogens (tertiary/aromatic N) is 3. The lowest BCUT2D eigenvalue weighted by Gasteiger charge is -2.31. The van der Waals surface area contributed by atoms with Crippen molar-refractivity contribution in [1.29, 1.82) is 0 Å². The third-order valence-electron chi connectivity index (χ3n) is 6.17. The third-order valence-corrected chi connectivity index (χ3v) is 6.17. The number of para-hydroxylation sites is 1. The summed E-state index contributed by atoms with van der Waals surface area (Å²) in [6.45, 7) is 3.56. The lowest BCUT2D eigenvalue weighted by atomic mass is 10.1. The van der Waals surface area contributed by atoms with E-state index in [1.807, 2.05) is 48.4 Å². The Labute approximate surface area is 184 Å². The Morgan fingerprint density at radius 3 is 2.42 bits per heavy atom. The average Bonchev–Trinajstić information content (AvgIpc) is 3.24. The molecule has 2 aromatic rings. The van der Waals surface area contributed by atoms with Crippen molar-refractivity contribution in [2.45, 2.75) is 38.6 Å². The molecule has 2 aliphatic heterocycles. The van der Waals surface area contributed by atoms with Gasteiger partial charge in [0.1, 0.15) is 0 Å². The highest BCUT2D eigenvalue weighted by molar-refractivity contribution is 5.95. The smallest absolute Gasteiger partial charge is 0.246 e. The molecular formula is C26H31N3O2. The Morgan fingerprint density at radius 2 is 1.71 bits per heavy atom. The SMILES string of the molecule is CN(Cc1ccccc1N1CCCCC1)C(=O)C=Cc1ccc(N2CCCC2=O)cc1. The molecule has 0 N–H and O–H groups in total. The molecule has 2 amide bonds. The van der Waals surface area contributed by atoms with Crippen LogP contribution in [0.5, 0.6) is 0 Å². The zero-order valence-electron chi connectivity index (χ0n) is 18.3. The highest BCUT2D eigenvalue weighted by Gasteiger charge is 2.21. The fourth-order valence-corrected chi connectivity index (χ4v) is 4.40. The van der Waals surface area contributed by atoms with E-state index in [1.54, 1.807) is 11.0 Å². The first kappa shape index (κ1) is 21.2. The molecule has 5 nitrogen and oxygen atoms in total. The maximum atomic E-state index is 12.7. The van der Waals surface area contributed by atoms with Crippen molar-refractivity contribution >= 4 is 29.3 Å². The van der Waals surface area contributed by atoms with Gasteiger partial charge in [0.05, 0.1) is 0 Å². The number of piperidine rings is 1. The molecule has 0 aliphatic carbocycles. The lowest BCUT2D eigenvalue weighted by molar-refractivity contribution is -0.125. The molecule has 0 saturated carbocycles. The summed E-state index contributed by atoms with van der Waals surface area (Å²) in [5.74, 6) is 0.164. The Morgan fingerprint density at radius 1 is 0.968 bits per heavy atom. The van der Waals surface area contributed by atoms with Crippen molar-refractivity contribution in [2.24, 2.45) is 0 Å². The highest BCUT2D eigenvalue weighted by Crippen LogP contribution is 2.25. The number of carbonyl (C=O) groups excluding carboxylic acids is 2. The van der Waals surface area contributed by atoms with E-state index in [2.05, 4.69) is 23.1 Å². The van der Waals surface area contributed by atoms with E-state index in [-0.39, 0.29) is 11.8 Å². The summed E-state index contributed by atoms with van der Waals surface area (Å²) >= 11 is 0. The number of anilines is 2. The standard InChI is InChI=1S/C26H31N3O2/c1-27(20-22-8-3-4-9-24(22)28-17-5-2-6-18-28)25(30)16-13-21-11-14-23(15-12-21)29-19-7-10-26(29)31/h3-4,8-9,11-16H,2,5-7,10,17-20H2,1H3. The van der Waals surface area contributed by atoms with Crippen LogP contribution in [0.2, 0.25) is 0 Å². The molecule has 2 aromatic carbocycles. The number of amides is 2. The van der Waals surface area contributed by atoms with Gasteiger partial charge >= 0.3 is 0 Å². The highest BCUT2D eigenvalue weighted by atomic mass is 16.2. The largest absolute Gasteiger partial charge is 0.371 e. The van der Waals surface area contributed by atoms with E-state index >= 15 is 0 Å². The van der Waals surface area contributed by atoms with Gasteiger partial charge in [0.25, 0.3) is 0 Å². The number of hydrogen-bond donors (Lipinski definition) is 0. The van der Waals surface area contributed by atoms with Crippen LogP contribution in [0, 0.1) is 0 Å². The van der Waals surface area contributed by atoms with Gasteiger partial charge in [-0.2, -0.15) is 0 Å². The van der Waals surface area contributed by atoms with Crippen LogP contribution in [0.1, 0.15) is 43.2 Å². The lowest BCUT2D eigenvalue weighted by Crippen LogP contribution is -2.31. The van der Waals surface area contributed by atoms with Crippen molar-refractivity contribution < 1.29 is 9.59 Å². The summed E-state index contributed by atoms with van der Waals surface area (Å²) in [4.78, 5) is 30.6. The molecule has 5 heteroatoms. The zero-order chi connectivity index (χ0) is 21.6. The average molecular weight is 418 g/mol. The van der Waals surface area contributed by atoms with E-state index in [1.165, 1.54) is 30.5 Å². The molecule has 0 bridgehead atoms. The molecule has 0 radical (unpaired) electrons. The summed E-state index contributed by atoms with van der Waals surface area (Å²) in [6.07, 6.45) is 8.78. The second-order valence-electron chi connectivity index (χ2n) is 8.44. The van der Waals surface area contributed by atoms with Crippen molar-refractivity contribution in [3.63, 3.8) is 0 Å². The number of carbonyl (C=O) groups is 2. The van der Waals surface area contributed by atoms with E-state index in [4.69, 9.17) is 0 Å². The van der Waals surface area contributed by atoms with Crippen LogP contribution >= 0.6 is 0 Å². The third kappa shape index (κ3) is 5.16. The first-order valence-corrected chi connectivity index (χ1v) is 11.3. The fraction of sp³-hybridized carbons (Fsp3) is 0.385. The van der Waals surface area contributed by atoms with Gasteiger partial charge in [-0.25, -0.2) is 0 Å². The van der Waals surface area contributed by atoms with Gasteiger partial charge < -0.3 is 14.7 Å². The summed E-state index contributed by atoms with van der Waals surface area (Å²) in [7, 11) is 1.85. The van der Waals surface area contributed by atoms with Crippen LogP contribution in [0.3, 0.4) is 0 Å². The van der Waals surface area contributed by atoms with Crippen molar-refractivity contribution in [3.05, 3.63) is 65.7 Å². The normalized spacial score (nSPS) is 16.9. The van der Waals surface area contributed by atoms with Crippen LogP contribution in [0.4, 0.5) is 11.4 Å². The Balaban J connectivity index is 1.38. The van der Waals surface area contributed by atoms with E-state index < -0.39 is 0 Å². The maximum Gasteiger partial charge on any atom is 0.246 e. The number of hydrogen-bond acceptors (Lipinski definition) is 3. The van der Waals surface area contributed by atoms with Crippen LogP contribution in [0.25, 0.3) is 6.08 Å². The van der Waals surface area contributed by atoms with E-state index in [9.17, 15) is 9.59 Å². The van der Waals surface area contributed by atoms with Crippen LogP contribution in [0.15, 0.2) is 54.6 Å². The molecule has 0 spiro atoms. The molecule has 31 heavy (non-hydrogen) atoms. The second kappa shape index (κ2) is 9.82. The summed E-state index contributed by atoms with van der Waals surface area (Å²) in [5.41, 5.74) is 4.31. The van der Waals surface area contributed by atoms with Crippen LogP contribution < -0.4 is 9.80 Å². The minimum absolute atomic E-state index is 0.0211. The van der Waals surface area contributed by atoms with Gasteiger partial charge in [-0.3, -0.25) is 9.59 Å². The monoisotopic (exact) mass is 417 g/mol. The first-order valence-electron chi connectivity index (χ1n) is 11.3. The fourth-order valence-electron chi connectivity index (χ4n) is 4.40. The summed E-state index contributed by atoms with van der Waals surface area (Å²) in [6, 6.07) is 16.2. The minimum atomic E-state index is -0.0211. The van der Waals surface area contributed by atoms with Crippen molar-refractivity contribution in [3.8, 4) is 0 Å². The number of rotatable bonds is 6. The van der Waals surface area contributed by atoms with Gasteiger partial charge in [0.2, 0.25) is 11.8 Å². The van der Waals surface area contributed by atoms with Crippen LogP contribution in [-0.2, 0) is 16.1 Å². The van der Waals surface area contributed by atoms with Gasteiger partial charge in [0, 0.05) is 57.1 Å². The molecule has 4 rings (SSSR count). The number of likely N-dealkylation sites (N-methyl/N-ethyl adjacent to an activating group) is 1. The number of benzene rings is 2. The topological polar surface area (TPSA) is 43.9 Å². The van der Waals surface area contributed by atoms with E-state index in [0.717, 1.165) is 37.3 Å². The van der Waals surface area contributed by atoms with Gasteiger partial charge in [-0.15, -0.1) is 0 Å². The predicted octanol–water partition coefficient (Wildman–Crippen LogP) is 4.48. The summed E-state index contributed by atoms with van der Waals surface area (Å²) < 4.78 is 0. The first-order chi connectivity index (χ1) is 15.1. The predicted molar refractivity (Wildman–Crippen MR) is 126 cm³/mol. The Bertz CT molecular complexity index is 945. The summed E-state index contributed by atoms with van der Waals surface area (Å²) in [5, 5.41) is 0. The molecule has 162 valence electrons. The molecule has 2 heterocycles. The van der Waals surface area contributed by atoms with Crippen molar-refractivity contribution in [2.75, 3.05) is 36.5 Å². The molecule has 2 aliphatic rings. The molecule has 2 fully saturated rings. The van der Waals surface area contributed by atoms with Gasteiger partial charge in [-0.05, 0) is 61.1 Å². The maximum absolute atomic E-state index is 12.7.